The SMILES string of the molecule is CCCC(N)CC(=O)N1CCC[C@@H]1CO. The Hall–Kier alpha value is -0.610. The summed E-state index contributed by atoms with van der Waals surface area (Å²) in [4.78, 5) is 13.6. The molecular formula is C11H22N2O2. The summed E-state index contributed by atoms with van der Waals surface area (Å²) < 4.78 is 0. The van der Waals surface area contributed by atoms with Gasteiger partial charge in [0.15, 0.2) is 0 Å². The van der Waals surface area contributed by atoms with Crippen LogP contribution in [0.4, 0.5) is 0 Å². The van der Waals surface area contributed by atoms with Gasteiger partial charge in [-0.25, -0.2) is 0 Å². The summed E-state index contributed by atoms with van der Waals surface area (Å²) in [6, 6.07) is 0.00812. The second kappa shape index (κ2) is 6.08. The molecule has 1 rings (SSSR count). The molecule has 0 aromatic rings. The van der Waals surface area contributed by atoms with Crippen molar-refractivity contribution in [3.8, 4) is 0 Å². The maximum atomic E-state index is 11.8. The zero-order chi connectivity index (χ0) is 11.3. The number of carbonyl (C=O) groups is 1. The molecule has 15 heavy (non-hydrogen) atoms. The lowest BCUT2D eigenvalue weighted by Gasteiger charge is -2.24. The summed E-state index contributed by atoms with van der Waals surface area (Å²) in [6.45, 7) is 2.92. The average Bonchev–Trinajstić information content (AvgIpc) is 2.65. The van der Waals surface area contributed by atoms with Gasteiger partial charge in [-0.05, 0) is 19.3 Å². The van der Waals surface area contributed by atoms with E-state index in [1.54, 1.807) is 4.90 Å². The van der Waals surface area contributed by atoms with Crippen LogP contribution in [-0.4, -0.2) is 41.1 Å². The molecule has 1 saturated heterocycles. The molecule has 3 N–H and O–H groups in total. The predicted octanol–water partition coefficient (Wildman–Crippen LogP) is 0.487. The number of rotatable bonds is 5. The molecule has 88 valence electrons. The summed E-state index contributed by atoms with van der Waals surface area (Å²) >= 11 is 0. The molecule has 0 saturated carbocycles. The van der Waals surface area contributed by atoms with Crippen LogP contribution >= 0.6 is 0 Å². The van der Waals surface area contributed by atoms with E-state index in [1.165, 1.54) is 0 Å². The first-order chi connectivity index (χ1) is 7.19. The van der Waals surface area contributed by atoms with Gasteiger partial charge in [0.05, 0.1) is 12.6 Å². The van der Waals surface area contributed by atoms with E-state index in [1.807, 2.05) is 0 Å². The lowest BCUT2D eigenvalue weighted by atomic mass is 10.1. The van der Waals surface area contributed by atoms with Crippen LogP contribution in [-0.2, 0) is 4.79 Å². The Kier molecular flexibility index (Phi) is 5.05. The van der Waals surface area contributed by atoms with Gasteiger partial charge >= 0.3 is 0 Å². The van der Waals surface area contributed by atoms with Crippen molar-refractivity contribution in [3.05, 3.63) is 0 Å². The van der Waals surface area contributed by atoms with E-state index in [0.29, 0.717) is 6.42 Å². The maximum Gasteiger partial charge on any atom is 0.224 e. The molecule has 0 aromatic carbocycles. The van der Waals surface area contributed by atoms with E-state index >= 15 is 0 Å². The Balaban J connectivity index is 2.38. The second-order valence-electron chi connectivity index (χ2n) is 4.32. The van der Waals surface area contributed by atoms with Gasteiger partial charge in [-0.2, -0.15) is 0 Å². The quantitative estimate of drug-likeness (QED) is 0.700. The van der Waals surface area contributed by atoms with Crippen molar-refractivity contribution >= 4 is 5.91 Å². The van der Waals surface area contributed by atoms with Gasteiger partial charge in [0.2, 0.25) is 5.91 Å². The fourth-order valence-electron chi connectivity index (χ4n) is 2.17. The smallest absolute Gasteiger partial charge is 0.224 e. The van der Waals surface area contributed by atoms with Gasteiger partial charge in [-0.1, -0.05) is 13.3 Å². The van der Waals surface area contributed by atoms with Crippen LogP contribution in [0.25, 0.3) is 0 Å². The molecule has 4 nitrogen and oxygen atoms in total. The van der Waals surface area contributed by atoms with E-state index in [-0.39, 0.29) is 24.6 Å². The van der Waals surface area contributed by atoms with Crippen LogP contribution in [0, 0.1) is 0 Å². The van der Waals surface area contributed by atoms with Crippen molar-refractivity contribution in [3.63, 3.8) is 0 Å². The molecule has 1 aliphatic heterocycles. The van der Waals surface area contributed by atoms with Gasteiger partial charge in [-0.3, -0.25) is 4.79 Å². The highest BCUT2D eigenvalue weighted by atomic mass is 16.3. The number of nitrogens with two attached hydrogens (primary N) is 1. The Labute approximate surface area is 91.4 Å². The number of carbonyl (C=O) groups excluding carboxylic acids is 1. The van der Waals surface area contributed by atoms with Crippen molar-refractivity contribution in [1.29, 1.82) is 0 Å². The zero-order valence-electron chi connectivity index (χ0n) is 9.48. The topological polar surface area (TPSA) is 66.6 Å². The Morgan fingerprint density at radius 2 is 2.40 bits per heavy atom. The van der Waals surface area contributed by atoms with Crippen LogP contribution < -0.4 is 5.73 Å². The number of aliphatic hydroxyl groups excluding tert-OH is 1. The molecular weight excluding hydrogens is 192 g/mol. The minimum atomic E-state index is -0.0255. The molecule has 1 amide bonds. The van der Waals surface area contributed by atoms with Crippen molar-refractivity contribution in [2.75, 3.05) is 13.2 Å². The third kappa shape index (κ3) is 3.47. The monoisotopic (exact) mass is 214 g/mol. The van der Waals surface area contributed by atoms with Crippen molar-refractivity contribution in [2.45, 2.75) is 51.1 Å². The minimum absolute atomic E-state index is 0.0255. The fourth-order valence-corrected chi connectivity index (χ4v) is 2.17. The third-order valence-corrected chi connectivity index (χ3v) is 3.00. The van der Waals surface area contributed by atoms with Gasteiger partial charge in [0.25, 0.3) is 0 Å². The first kappa shape index (κ1) is 12.5. The van der Waals surface area contributed by atoms with Crippen molar-refractivity contribution in [1.82, 2.24) is 4.90 Å². The van der Waals surface area contributed by atoms with E-state index in [0.717, 1.165) is 32.2 Å². The molecule has 4 heteroatoms. The van der Waals surface area contributed by atoms with Crippen LogP contribution in [0.5, 0.6) is 0 Å². The first-order valence-corrected chi connectivity index (χ1v) is 5.85. The Morgan fingerprint density at radius 1 is 1.67 bits per heavy atom. The molecule has 0 aliphatic carbocycles. The average molecular weight is 214 g/mol. The zero-order valence-corrected chi connectivity index (χ0v) is 9.48. The van der Waals surface area contributed by atoms with Gasteiger partial charge in [0, 0.05) is 19.0 Å². The lowest BCUT2D eigenvalue weighted by molar-refractivity contribution is -0.133. The number of aliphatic hydroxyl groups is 1. The first-order valence-electron chi connectivity index (χ1n) is 5.85. The molecule has 1 heterocycles. The number of amides is 1. The summed E-state index contributed by atoms with van der Waals surface area (Å²) in [5.41, 5.74) is 5.83. The number of nitrogens with zero attached hydrogens (tertiary/aromatic N) is 1. The largest absolute Gasteiger partial charge is 0.394 e. The van der Waals surface area contributed by atoms with Crippen molar-refractivity contribution < 1.29 is 9.90 Å². The molecule has 1 aliphatic rings. The van der Waals surface area contributed by atoms with Crippen LogP contribution in [0.15, 0.2) is 0 Å². The maximum absolute atomic E-state index is 11.8. The van der Waals surface area contributed by atoms with Crippen LogP contribution in [0.1, 0.15) is 39.0 Å². The van der Waals surface area contributed by atoms with Crippen molar-refractivity contribution in [2.24, 2.45) is 5.73 Å². The molecule has 0 spiro atoms. The molecule has 1 unspecified atom stereocenters. The van der Waals surface area contributed by atoms with Crippen LogP contribution in [0.3, 0.4) is 0 Å². The normalized spacial score (nSPS) is 23.1. The third-order valence-electron chi connectivity index (χ3n) is 3.00. The molecule has 0 radical (unpaired) electrons. The van der Waals surface area contributed by atoms with E-state index in [9.17, 15) is 4.79 Å². The highest BCUT2D eigenvalue weighted by molar-refractivity contribution is 5.77. The number of likely N-dealkylation sites (tertiary alicyclic amines) is 1. The van der Waals surface area contributed by atoms with Gasteiger partial charge in [0.1, 0.15) is 0 Å². The second-order valence-corrected chi connectivity index (χ2v) is 4.32. The predicted molar refractivity (Wildman–Crippen MR) is 59.3 cm³/mol. The molecule has 0 aromatic heterocycles. The summed E-state index contributed by atoms with van der Waals surface area (Å²) in [7, 11) is 0. The highest BCUT2D eigenvalue weighted by Crippen LogP contribution is 2.18. The fraction of sp³-hybridized carbons (Fsp3) is 0.909. The van der Waals surface area contributed by atoms with E-state index in [4.69, 9.17) is 10.8 Å². The van der Waals surface area contributed by atoms with Crippen LogP contribution in [0.2, 0.25) is 0 Å². The Bertz CT molecular complexity index is 209. The van der Waals surface area contributed by atoms with E-state index < -0.39 is 0 Å². The number of hydrogen-bond donors (Lipinski definition) is 2. The molecule has 1 fully saturated rings. The Morgan fingerprint density at radius 3 is 3.00 bits per heavy atom. The molecule has 0 bridgehead atoms. The molecule has 2 atom stereocenters. The summed E-state index contributed by atoms with van der Waals surface area (Å²) in [5, 5.41) is 9.10. The minimum Gasteiger partial charge on any atom is -0.394 e. The summed E-state index contributed by atoms with van der Waals surface area (Å²) in [5.74, 6) is 0.104. The van der Waals surface area contributed by atoms with E-state index in [2.05, 4.69) is 6.92 Å². The highest BCUT2D eigenvalue weighted by Gasteiger charge is 2.28. The summed E-state index contributed by atoms with van der Waals surface area (Å²) in [6.07, 6.45) is 4.25. The number of hydrogen-bond acceptors (Lipinski definition) is 3. The lowest BCUT2D eigenvalue weighted by Crippen LogP contribution is -2.40. The van der Waals surface area contributed by atoms with Gasteiger partial charge in [-0.15, -0.1) is 0 Å². The standard InChI is InChI=1S/C11H22N2O2/c1-2-4-9(12)7-11(15)13-6-3-5-10(13)8-14/h9-10,14H,2-8,12H2,1H3/t9?,10-/m1/s1. The van der Waals surface area contributed by atoms with Gasteiger partial charge < -0.3 is 15.7 Å².